The molecular formula is C30H24Cl2N2O4S. The Morgan fingerprint density at radius 3 is 2.51 bits per heavy atom. The molecule has 6 nitrogen and oxygen atoms in total. The summed E-state index contributed by atoms with van der Waals surface area (Å²) in [6, 6.07) is 21.5. The predicted molar refractivity (Wildman–Crippen MR) is 154 cm³/mol. The van der Waals surface area contributed by atoms with E-state index in [-0.39, 0.29) is 12.2 Å². The van der Waals surface area contributed by atoms with Crippen molar-refractivity contribution in [1.82, 2.24) is 4.57 Å². The third kappa shape index (κ3) is 5.71. The van der Waals surface area contributed by atoms with E-state index in [0.29, 0.717) is 43.0 Å². The number of rotatable bonds is 7. The number of allylic oxidation sites excluding steroid dienone is 1. The van der Waals surface area contributed by atoms with E-state index < -0.39 is 12.0 Å². The molecule has 0 spiro atoms. The highest BCUT2D eigenvalue weighted by Gasteiger charge is 2.33. The average Bonchev–Trinajstić information content (AvgIpc) is 3.22. The van der Waals surface area contributed by atoms with Gasteiger partial charge in [0.05, 0.1) is 28.5 Å². The van der Waals surface area contributed by atoms with Gasteiger partial charge in [-0.25, -0.2) is 9.79 Å². The molecule has 0 aliphatic carbocycles. The fourth-order valence-electron chi connectivity index (χ4n) is 4.35. The minimum Gasteiger partial charge on any atom is -0.489 e. The van der Waals surface area contributed by atoms with Crippen LogP contribution in [0, 0.1) is 0 Å². The van der Waals surface area contributed by atoms with Gasteiger partial charge in [-0.3, -0.25) is 9.36 Å². The number of aromatic nitrogens is 1. The van der Waals surface area contributed by atoms with E-state index in [4.69, 9.17) is 32.7 Å². The molecule has 0 bridgehead atoms. The second-order valence-electron chi connectivity index (χ2n) is 8.81. The number of esters is 1. The standard InChI is InChI=1S/C30H24Cl2N2O4S/c1-3-37-29(36)26-18(2)33-30-34(27(26)20-7-5-4-6-8-20)28(35)25(39-30)15-19-9-13-23(14-10-19)38-17-21-11-12-22(31)16-24(21)32/h4-16,27H,3,17H2,1-2H3. The number of benzene rings is 3. The maximum atomic E-state index is 13.7. The number of hydrogen-bond acceptors (Lipinski definition) is 6. The van der Waals surface area contributed by atoms with Crippen molar-refractivity contribution in [2.75, 3.05) is 6.61 Å². The number of halogens is 2. The van der Waals surface area contributed by atoms with Gasteiger partial charge in [0.2, 0.25) is 0 Å². The highest BCUT2D eigenvalue weighted by Crippen LogP contribution is 2.30. The largest absolute Gasteiger partial charge is 0.489 e. The van der Waals surface area contributed by atoms with Crippen LogP contribution in [0.1, 0.15) is 36.6 Å². The molecule has 9 heteroatoms. The number of ether oxygens (including phenoxy) is 2. The summed E-state index contributed by atoms with van der Waals surface area (Å²) in [5.41, 5.74) is 3.15. The molecule has 5 rings (SSSR count). The zero-order valence-corrected chi connectivity index (χ0v) is 23.5. The zero-order valence-electron chi connectivity index (χ0n) is 21.2. The van der Waals surface area contributed by atoms with Gasteiger partial charge in [-0.05, 0) is 55.3 Å². The molecule has 3 aromatic carbocycles. The van der Waals surface area contributed by atoms with Crippen molar-refractivity contribution in [3.05, 3.63) is 130 Å². The lowest BCUT2D eigenvalue weighted by Crippen LogP contribution is -2.39. The van der Waals surface area contributed by atoms with Crippen molar-refractivity contribution in [2.24, 2.45) is 4.99 Å². The van der Waals surface area contributed by atoms with Crippen LogP contribution in [-0.4, -0.2) is 17.1 Å². The van der Waals surface area contributed by atoms with Crippen LogP contribution in [-0.2, 0) is 16.1 Å². The highest BCUT2D eigenvalue weighted by molar-refractivity contribution is 7.07. The van der Waals surface area contributed by atoms with Gasteiger partial charge in [0.1, 0.15) is 12.4 Å². The lowest BCUT2D eigenvalue weighted by Gasteiger charge is -2.24. The van der Waals surface area contributed by atoms with E-state index in [1.807, 2.05) is 66.7 Å². The molecular weight excluding hydrogens is 555 g/mol. The smallest absolute Gasteiger partial charge is 0.338 e. The Morgan fingerprint density at radius 1 is 1.08 bits per heavy atom. The molecule has 0 saturated heterocycles. The van der Waals surface area contributed by atoms with Gasteiger partial charge in [-0.2, -0.15) is 0 Å². The molecule has 0 fully saturated rings. The van der Waals surface area contributed by atoms with E-state index in [9.17, 15) is 9.59 Å². The van der Waals surface area contributed by atoms with Crippen LogP contribution in [0.25, 0.3) is 6.08 Å². The summed E-state index contributed by atoms with van der Waals surface area (Å²) >= 11 is 13.5. The van der Waals surface area contributed by atoms with Crippen LogP contribution in [0.15, 0.2) is 93.9 Å². The first-order valence-electron chi connectivity index (χ1n) is 12.3. The molecule has 1 aliphatic heterocycles. The molecule has 1 unspecified atom stereocenters. The molecule has 2 heterocycles. The van der Waals surface area contributed by atoms with E-state index >= 15 is 0 Å². The summed E-state index contributed by atoms with van der Waals surface area (Å²) < 4.78 is 13.3. The Morgan fingerprint density at radius 2 is 1.82 bits per heavy atom. The van der Waals surface area contributed by atoms with Crippen LogP contribution < -0.4 is 19.6 Å². The molecule has 0 radical (unpaired) electrons. The van der Waals surface area contributed by atoms with Crippen LogP contribution in [0.4, 0.5) is 0 Å². The number of nitrogens with zero attached hydrogens (tertiary/aromatic N) is 2. The zero-order chi connectivity index (χ0) is 27.5. The Balaban J connectivity index is 1.47. The lowest BCUT2D eigenvalue weighted by molar-refractivity contribution is -0.139. The van der Waals surface area contributed by atoms with Crippen LogP contribution >= 0.6 is 34.5 Å². The molecule has 198 valence electrons. The number of fused-ring (bicyclic) bond motifs is 1. The molecule has 0 amide bonds. The molecule has 1 aromatic heterocycles. The maximum Gasteiger partial charge on any atom is 0.338 e. The summed E-state index contributed by atoms with van der Waals surface area (Å²) in [5.74, 6) is 0.191. The van der Waals surface area contributed by atoms with Gasteiger partial charge in [-0.1, -0.05) is 83.1 Å². The van der Waals surface area contributed by atoms with Crippen molar-refractivity contribution < 1.29 is 14.3 Å². The first-order valence-corrected chi connectivity index (χ1v) is 13.8. The Kier molecular flexibility index (Phi) is 8.02. The Hall–Kier alpha value is -3.65. The minimum atomic E-state index is -0.626. The van der Waals surface area contributed by atoms with Crippen molar-refractivity contribution in [2.45, 2.75) is 26.5 Å². The molecule has 1 aliphatic rings. The van der Waals surface area contributed by atoms with Gasteiger partial charge < -0.3 is 9.47 Å². The van der Waals surface area contributed by atoms with Crippen LogP contribution in [0.2, 0.25) is 10.0 Å². The summed E-state index contributed by atoms with van der Waals surface area (Å²) in [6.07, 6.45) is 1.81. The topological polar surface area (TPSA) is 69.9 Å². The van der Waals surface area contributed by atoms with Gasteiger partial charge >= 0.3 is 5.97 Å². The fourth-order valence-corrected chi connectivity index (χ4v) is 5.86. The normalized spacial score (nSPS) is 15.1. The first kappa shape index (κ1) is 26.9. The summed E-state index contributed by atoms with van der Waals surface area (Å²) in [7, 11) is 0. The molecule has 0 N–H and O–H groups in total. The lowest BCUT2D eigenvalue weighted by atomic mass is 9.96. The summed E-state index contributed by atoms with van der Waals surface area (Å²) in [4.78, 5) is 31.8. The second kappa shape index (κ2) is 11.6. The third-order valence-corrected chi connectivity index (χ3v) is 7.79. The van der Waals surface area contributed by atoms with Gasteiger partial charge in [0.25, 0.3) is 5.56 Å². The molecule has 1 atom stereocenters. The number of hydrogen-bond donors (Lipinski definition) is 0. The van der Waals surface area contributed by atoms with Crippen molar-refractivity contribution in [3.8, 4) is 5.75 Å². The van der Waals surface area contributed by atoms with E-state index in [1.54, 1.807) is 30.5 Å². The minimum absolute atomic E-state index is 0.223. The average molecular weight is 580 g/mol. The maximum absolute atomic E-state index is 13.7. The predicted octanol–water partition coefficient (Wildman–Crippen LogP) is 5.68. The van der Waals surface area contributed by atoms with E-state index in [1.165, 1.54) is 11.3 Å². The molecule has 39 heavy (non-hydrogen) atoms. The van der Waals surface area contributed by atoms with Gasteiger partial charge in [0.15, 0.2) is 4.80 Å². The monoisotopic (exact) mass is 578 g/mol. The highest BCUT2D eigenvalue weighted by atomic mass is 35.5. The molecule has 0 saturated carbocycles. The quantitative estimate of drug-likeness (QED) is 0.264. The summed E-state index contributed by atoms with van der Waals surface area (Å²) in [6.45, 7) is 4.06. The Labute approximate surface area is 239 Å². The number of carbonyl (C=O) groups excluding carboxylic acids is 1. The van der Waals surface area contributed by atoms with E-state index in [2.05, 4.69) is 4.99 Å². The van der Waals surface area contributed by atoms with E-state index in [0.717, 1.165) is 16.7 Å². The SMILES string of the molecule is CCOC(=O)C1=C(C)N=c2sc(=Cc3ccc(OCc4ccc(Cl)cc4Cl)cc3)c(=O)n2C1c1ccccc1. The summed E-state index contributed by atoms with van der Waals surface area (Å²) in [5, 5.41) is 1.12. The third-order valence-electron chi connectivity index (χ3n) is 6.22. The molecule has 4 aromatic rings. The van der Waals surface area contributed by atoms with Crippen LogP contribution in [0.5, 0.6) is 5.75 Å². The van der Waals surface area contributed by atoms with Crippen molar-refractivity contribution >= 4 is 46.6 Å². The number of carbonyl (C=O) groups is 1. The number of thiazole rings is 1. The van der Waals surface area contributed by atoms with Gasteiger partial charge in [0, 0.05) is 15.6 Å². The van der Waals surface area contributed by atoms with Crippen molar-refractivity contribution in [1.29, 1.82) is 0 Å². The second-order valence-corrected chi connectivity index (χ2v) is 10.7. The Bertz CT molecular complexity index is 1740. The first-order chi connectivity index (χ1) is 18.9. The van der Waals surface area contributed by atoms with Crippen molar-refractivity contribution in [3.63, 3.8) is 0 Å². The fraction of sp³-hybridized carbons (Fsp3) is 0.167. The van der Waals surface area contributed by atoms with Crippen LogP contribution in [0.3, 0.4) is 0 Å². The van der Waals surface area contributed by atoms with Gasteiger partial charge in [-0.15, -0.1) is 0 Å².